The zero-order valence-electron chi connectivity index (χ0n) is 14.7. The van der Waals surface area contributed by atoms with Crippen LogP contribution in [0.25, 0.3) is 22.4 Å². The lowest BCUT2D eigenvalue weighted by Crippen LogP contribution is -2.13. The third-order valence-electron chi connectivity index (χ3n) is 4.97. The maximum absolute atomic E-state index is 12.6. The van der Waals surface area contributed by atoms with E-state index in [1.165, 1.54) is 23.3 Å². The van der Waals surface area contributed by atoms with Crippen LogP contribution in [0, 0.1) is 0 Å². The summed E-state index contributed by atoms with van der Waals surface area (Å²) in [6, 6.07) is 12.1. The molecule has 6 heteroatoms. The maximum atomic E-state index is 12.6. The van der Waals surface area contributed by atoms with E-state index in [1.54, 1.807) is 22.7 Å². The Morgan fingerprint density at radius 2 is 2.04 bits per heavy atom. The molecular formula is C21H19N3OS2. The Morgan fingerprint density at radius 1 is 1.15 bits per heavy atom. The molecule has 5 rings (SSSR count). The first kappa shape index (κ1) is 16.7. The number of amides is 1. The first-order valence-electron chi connectivity index (χ1n) is 9.20. The van der Waals surface area contributed by atoms with Gasteiger partial charge in [-0.1, -0.05) is 18.2 Å². The number of thiophene rings is 2. The minimum Gasteiger partial charge on any atom is -0.338 e. The fraction of sp³-hybridized carbons (Fsp3) is 0.238. The van der Waals surface area contributed by atoms with Gasteiger partial charge >= 0.3 is 0 Å². The summed E-state index contributed by atoms with van der Waals surface area (Å²) < 4.78 is 0. The first-order chi connectivity index (χ1) is 13.3. The highest BCUT2D eigenvalue weighted by Crippen LogP contribution is 2.43. The zero-order chi connectivity index (χ0) is 18.2. The van der Waals surface area contributed by atoms with Gasteiger partial charge in [0.05, 0.1) is 23.0 Å². The van der Waals surface area contributed by atoms with Gasteiger partial charge in [0.25, 0.3) is 0 Å². The van der Waals surface area contributed by atoms with Gasteiger partial charge in [0, 0.05) is 9.75 Å². The Balaban J connectivity index is 1.54. The summed E-state index contributed by atoms with van der Waals surface area (Å²) in [6.45, 7) is 0. The number of nitrogens with zero attached hydrogens (tertiary/aromatic N) is 1. The van der Waals surface area contributed by atoms with Gasteiger partial charge in [-0.2, -0.15) is 0 Å². The average molecular weight is 394 g/mol. The molecule has 0 unspecified atom stereocenters. The Morgan fingerprint density at radius 3 is 2.89 bits per heavy atom. The predicted molar refractivity (Wildman–Crippen MR) is 113 cm³/mol. The number of fused-ring (bicyclic) bond motifs is 2. The average Bonchev–Trinajstić information content (AvgIpc) is 3.38. The molecule has 1 aromatic carbocycles. The molecule has 2 N–H and O–H groups in total. The lowest BCUT2D eigenvalue weighted by Gasteiger charge is -2.12. The van der Waals surface area contributed by atoms with Gasteiger partial charge in [0.2, 0.25) is 5.91 Å². The molecule has 136 valence electrons. The SMILES string of the molecule is O=C(Cc1cccs1)Nc1sc2c(c1-c1nc3ccccc3[nH]1)CCCC2. The molecule has 27 heavy (non-hydrogen) atoms. The third-order valence-corrected chi connectivity index (χ3v) is 7.05. The van der Waals surface area contributed by atoms with Crippen LogP contribution in [0.2, 0.25) is 0 Å². The Bertz CT molecular complexity index is 1080. The fourth-order valence-electron chi connectivity index (χ4n) is 3.72. The van der Waals surface area contributed by atoms with Crippen molar-refractivity contribution in [3.8, 4) is 11.4 Å². The quantitative estimate of drug-likeness (QED) is 0.487. The molecule has 0 aliphatic heterocycles. The van der Waals surface area contributed by atoms with Crippen molar-refractivity contribution < 1.29 is 4.79 Å². The number of anilines is 1. The van der Waals surface area contributed by atoms with E-state index in [2.05, 4.69) is 10.3 Å². The molecule has 0 spiro atoms. The van der Waals surface area contributed by atoms with E-state index in [4.69, 9.17) is 4.98 Å². The van der Waals surface area contributed by atoms with E-state index < -0.39 is 0 Å². The Labute approximate surface area is 165 Å². The topological polar surface area (TPSA) is 57.8 Å². The molecule has 0 fully saturated rings. The van der Waals surface area contributed by atoms with Gasteiger partial charge in [-0.3, -0.25) is 4.79 Å². The van der Waals surface area contributed by atoms with Crippen molar-refractivity contribution in [1.29, 1.82) is 0 Å². The summed E-state index contributed by atoms with van der Waals surface area (Å²) in [4.78, 5) is 23.4. The van der Waals surface area contributed by atoms with Crippen LogP contribution in [-0.4, -0.2) is 15.9 Å². The molecule has 1 aliphatic rings. The molecule has 1 amide bonds. The number of imidazole rings is 1. The van der Waals surface area contributed by atoms with Crippen molar-refractivity contribution in [3.05, 3.63) is 57.1 Å². The number of aromatic amines is 1. The Hall–Kier alpha value is -2.44. The van der Waals surface area contributed by atoms with E-state index in [0.717, 1.165) is 45.1 Å². The van der Waals surface area contributed by atoms with Crippen molar-refractivity contribution in [2.24, 2.45) is 0 Å². The minimum atomic E-state index is 0.0356. The van der Waals surface area contributed by atoms with Gasteiger partial charge in [0.15, 0.2) is 0 Å². The van der Waals surface area contributed by atoms with Crippen LogP contribution in [0.1, 0.15) is 28.2 Å². The number of benzene rings is 1. The molecule has 3 aromatic heterocycles. The summed E-state index contributed by atoms with van der Waals surface area (Å²) in [5.74, 6) is 0.899. The number of aromatic nitrogens is 2. The summed E-state index contributed by atoms with van der Waals surface area (Å²) in [7, 11) is 0. The first-order valence-corrected chi connectivity index (χ1v) is 10.9. The van der Waals surface area contributed by atoms with Gasteiger partial charge < -0.3 is 10.3 Å². The largest absolute Gasteiger partial charge is 0.338 e. The minimum absolute atomic E-state index is 0.0356. The molecular weight excluding hydrogens is 374 g/mol. The highest BCUT2D eigenvalue weighted by atomic mass is 32.1. The van der Waals surface area contributed by atoms with Gasteiger partial charge in [-0.15, -0.1) is 22.7 Å². The molecule has 0 bridgehead atoms. The van der Waals surface area contributed by atoms with E-state index in [9.17, 15) is 4.79 Å². The monoisotopic (exact) mass is 393 g/mol. The van der Waals surface area contributed by atoms with Crippen LogP contribution < -0.4 is 5.32 Å². The maximum Gasteiger partial charge on any atom is 0.230 e. The highest BCUT2D eigenvalue weighted by molar-refractivity contribution is 7.17. The predicted octanol–water partition coefficient (Wildman–Crippen LogP) is 5.41. The number of aryl methyl sites for hydroxylation is 1. The van der Waals surface area contributed by atoms with Crippen molar-refractivity contribution in [2.45, 2.75) is 32.1 Å². The highest BCUT2D eigenvalue weighted by Gasteiger charge is 2.25. The molecule has 4 aromatic rings. The van der Waals surface area contributed by atoms with Crippen molar-refractivity contribution in [1.82, 2.24) is 9.97 Å². The van der Waals surface area contributed by atoms with Crippen LogP contribution in [0.15, 0.2) is 41.8 Å². The van der Waals surface area contributed by atoms with Gasteiger partial charge in [-0.05, 0) is 54.8 Å². The standard InChI is InChI=1S/C21H19N3OS2/c25-18(12-13-6-5-11-26-13)24-21-19(14-7-1-4-10-17(14)27-21)20-22-15-8-2-3-9-16(15)23-20/h2-3,5-6,8-9,11H,1,4,7,10,12H2,(H,22,23)(H,24,25). The molecule has 1 aliphatic carbocycles. The van der Waals surface area contributed by atoms with E-state index in [0.29, 0.717) is 6.42 Å². The third kappa shape index (κ3) is 3.19. The van der Waals surface area contributed by atoms with E-state index in [-0.39, 0.29) is 5.91 Å². The number of hydrogen-bond donors (Lipinski definition) is 2. The number of rotatable bonds is 4. The lowest BCUT2D eigenvalue weighted by molar-refractivity contribution is -0.115. The molecule has 0 atom stereocenters. The number of carbonyl (C=O) groups excluding carboxylic acids is 1. The normalized spacial score (nSPS) is 13.6. The van der Waals surface area contributed by atoms with Crippen LogP contribution >= 0.6 is 22.7 Å². The lowest BCUT2D eigenvalue weighted by atomic mass is 9.95. The molecule has 0 saturated carbocycles. The second-order valence-corrected chi connectivity index (χ2v) is 8.96. The number of para-hydroxylation sites is 2. The Kier molecular flexibility index (Phi) is 4.30. The number of hydrogen-bond acceptors (Lipinski definition) is 4. The van der Waals surface area contributed by atoms with Gasteiger partial charge in [-0.25, -0.2) is 4.98 Å². The summed E-state index contributed by atoms with van der Waals surface area (Å²) in [5, 5.41) is 6.11. The van der Waals surface area contributed by atoms with Crippen molar-refractivity contribution in [2.75, 3.05) is 5.32 Å². The summed E-state index contributed by atoms with van der Waals surface area (Å²) in [5.41, 5.74) is 4.43. The number of carbonyl (C=O) groups is 1. The molecule has 0 saturated heterocycles. The van der Waals surface area contributed by atoms with E-state index in [1.807, 2.05) is 41.8 Å². The summed E-state index contributed by atoms with van der Waals surface area (Å²) >= 11 is 3.34. The van der Waals surface area contributed by atoms with Gasteiger partial charge in [0.1, 0.15) is 10.8 Å². The summed E-state index contributed by atoms with van der Waals surface area (Å²) in [6.07, 6.45) is 4.97. The second-order valence-electron chi connectivity index (χ2n) is 6.82. The van der Waals surface area contributed by atoms with Crippen LogP contribution in [0.4, 0.5) is 5.00 Å². The number of nitrogens with one attached hydrogen (secondary N) is 2. The molecule has 3 heterocycles. The zero-order valence-corrected chi connectivity index (χ0v) is 16.4. The van der Waals surface area contributed by atoms with Crippen molar-refractivity contribution in [3.63, 3.8) is 0 Å². The van der Waals surface area contributed by atoms with Crippen molar-refractivity contribution >= 4 is 44.6 Å². The number of H-pyrrole nitrogens is 1. The smallest absolute Gasteiger partial charge is 0.230 e. The molecule has 0 radical (unpaired) electrons. The fourth-order valence-corrected chi connectivity index (χ4v) is 5.73. The second kappa shape index (κ2) is 6.94. The van der Waals surface area contributed by atoms with Crippen LogP contribution in [0.3, 0.4) is 0 Å². The van der Waals surface area contributed by atoms with E-state index >= 15 is 0 Å². The molecule has 4 nitrogen and oxygen atoms in total. The van der Waals surface area contributed by atoms with Crippen LogP contribution in [-0.2, 0) is 24.1 Å². The van der Waals surface area contributed by atoms with Crippen LogP contribution in [0.5, 0.6) is 0 Å².